The fourth-order valence-electron chi connectivity index (χ4n) is 1.77. The minimum absolute atomic E-state index is 1.03. The quantitative estimate of drug-likeness (QED) is 0.626. The van der Waals surface area contributed by atoms with Crippen LogP contribution in [0.25, 0.3) is 16.7 Å². The van der Waals surface area contributed by atoms with Crippen LogP contribution in [0.1, 0.15) is 0 Å². The van der Waals surface area contributed by atoms with Crippen LogP contribution in [0.3, 0.4) is 0 Å². The van der Waals surface area contributed by atoms with Gasteiger partial charge in [-0.2, -0.15) is 0 Å². The summed E-state index contributed by atoms with van der Waals surface area (Å²) in [5.41, 5.74) is 3.32. The summed E-state index contributed by atoms with van der Waals surface area (Å²) in [5.74, 6) is 0. The third-order valence-electron chi connectivity index (χ3n) is 2.56. The molecule has 0 unspecified atom stereocenters. The number of hydrogen-bond donors (Lipinski definition) is 0. The van der Waals surface area contributed by atoms with Gasteiger partial charge in [-0.15, -0.1) is 0 Å². The van der Waals surface area contributed by atoms with Crippen molar-refractivity contribution in [3.63, 3.8) is 0 Å². The highest BCUT2D eigenvalue weighted by molar-refractivity contribution is 14.1. The standard InChI is InChI=1S/C13H9IN2/c14-10-5-7-11(8-6-10)16-9-15-12-3-1-2-4-13(12)16/h1-9H. The van der Waals surface area contributed by atoms with E-state index in [2.05, 4.69) is 62.5 Å². The first-order valence-electron chi connectivity index (χ1n) is 5.02. The molecule has 2 aromatic carbocycles. The molecule has 0 fully saturated rings. The smallest absolute Gasteiger partial charge is 0.100 e. The molecule has 16 heavy (non-hydrogen) atoms. The Bertz CT molecular complexity index is 626. The Labute approximate surface area is 107 Å². The first kappa shape index (κ1) is 9.84. The van der Waals surface area contributed by atoms with Crippen LogP contribution >= 0.6 is 22.6 Å². The van der Waals surface area contributed by atoms with E-state index >= 15 is 0 Å². The summed E-state index contributed by atoms with van der Waals surface area (Å²) in [6.07, 6.45) is 1.87. The van der Waals surface area contributed by atoms with E-state index in [4.69, 9.17) is 0 Å². The zero-order chi connectivity index (χ0) is 11.0. The number of para-hydroxylation sites is 2. The van der Waals surface area contributed by atoms with E-state index in [9.17, 15) is 0 Å². The van der Waals surface area contributed by atoms with Gasteiger partial charge in [-0.1, -0.05) is 12.1 Å². The first-order valence-corrected chi connectivity index (χ1v) is 6.10. The lowest BCUT2D eigenvalue weighted by molar-refractivity contribution is 1.09. The molecule has 0 saturated carbocycles. The fraction of sp³-hybridized carbons (Fsp3) is 0. The maximum absolute atomic E-state index is 4.38. The molecule has 0 radical (unpaired) electrons. The lowest BCUT2D eigenvalue weighted by atomic mass is 10.3. The van der Waals surface area contributed by atoms with Gasteiger partial charge in [0, 0.05) is 9.26 Å². The van der Waals surface area contributed by atoms with Gasteiger partial charge in [0.2, 0.25) is 0 Å². The van der Waals surface area contributed by atoms with Crippen LogP contribution in [0.2, 0.25) is 0 Å². The molecule has 0 atom stereocenters. The second kappa shape index (κ2) is 3.90. The summed E-state index contributed by atoms with van der Waals surface area (Å²) in [6.45, 7) is 0. The Hall–Kier alpha value is -1.36. The number of hydrogen-bond acceptors (Lipinski definition) is 1. The molecule has 0 aliphatic heterocycles. The maximum Gasteiger partial charge on any atom is 0.100 e. The van der Waals surface area contributed by atoms with Crippen molar-refractivity contribution in [1.29, 1.82) is 0 Å². The highest BCUT2D eigenvalue weighted by Crippen LogP contribution is 2.18. The van der Waals surface area contributed by atoms with Crippen molar-refractivity contribution in [2.24, 2.45) is 0 Å². The number of imidazole rings is 1. The Morgan fingerprint density at radius 3 is 2.50 bits per heavy atom. The minimum Gasteiger partial charge on any atom is -0.299 e. The molecule has 0 spiro atoms. The van der Waals surface area contributed by atoms with E-state index < -0.39 is 0 Å². The third kappa shape index (κ3) is 1.61. The maximum atomic E-state index is 4.38. The topological polar surface area (TPSA) is 17.8 Å². The number of rotatable bonds is 1. The lowest BCUT2D eigenvalue weighted by Gasteiger charge is -2.03. The molecule has 3 heteroatoms. The van der Waals surface area contributed by atoms with E-state index in [1.165, 1.54) is 3.57 Å². The third-order valence-corrected chi connectivity index (χ3v) is 3.28. The van der Waals surface area contributed by atoms with E-state index in [1.807, 2.05) is 24.5 Å². The molecule has 0 aliphatic carbocycles. The molecular formula is C13H9IN2. The van der Waals surface area contributed by atoms with Gasteiger partial charge >= 0.3 is 0 Å². The average molecular weight is 320 g/mol. The zero-order valence-electron chi connectivity index (χ0n) is 8.47. The Morgan fingerprint density at radius 1 is 0.938 bits per heavy atom. The van der Waals surface area contributed by atoms with Crippen molar-refractivity contribution in [2.45, 2.75) is 0 Å². The Kier molecular flexibility index (Phi) is 2.40. The van der Waals surface area contributed by atoms with Crippen LogP contribution in [0.4, 0.5) is 0 Å². The SMILES string of the molecule is Ic1ccc(-n2cnc3ccccc32)cc1. The van der Waals surface area contributed by atoms with Crippen LogP contribution in [0.15, 0.2) is 54.9 Å². The van der Waals surface area contributed by atoms with Gasteiger partial charge in [0.1, 0.15) is 6.33 Å². The van der Waals surface area contributed by atoms with Crippen LogP contribution in [-0.2, 0) is 0 Å². The van der Waals surface area contributed by atoms with E-state index in [0.717, 1.165) is 16.7 Å². The van der Waals surface area contributed by atoms with E-state index in [-0.39, 0.29) is 0 Å². The van der Waals surface area contributed by atoms with Gasteiger partial charge in [-0.05, 0) is 59.0 Å². The minimum atomic E-state index is 1.03. The predicted octanol–water partition coefficient (Wildman–Crippen LogP) is 3.63. The largest absolute Gasteiger partial charge is 0.299 e. The van der Waals surface area contributed by atoms with Crippen molar-refractivity contribution in [2.75, 3.05) is 0 Å². The number of halogens is 1. The fourth-order valence-corrected chi connectivity index (χ4v) is 2.13. The summed E-state index contributed by atoms with van der Waals surface area (Å²) in [7, 11) is 0. The number of fused-ring (bicyclic) bond motifs is 1. The van der Waals surface area contributed by atoms with E-state index in [0.29, 0.717) is 0 Å². The molecular weight excluding hydrogens is 311 g/mol. The number of benzene rings is 2. The van der Waals surface area contributed by atoms with Crippen LogP contribution in [0, 0.1) is 3.57 Å². The molecule has 0 aliphatic rings. The monoisotopic (exact) mass is 320 g/mol. The number of aromatic nitrogens is 2. The summed E-state index contributed by atoms with van der Waals surface area (Å²) in [6, 6.07) is 16.6. The van der Waals surface area contributed by atoms with Crippen LogP contribution < -0.4 is 0 Å². The molecule has 0 bridgehead atoms. The van der Waals surface area contributed by atoms with Gasteiger partial charge in [-0.3, -0.25) is 4.57 Å². The second-order valence-corrected chi connectivity index (χ2v) is 4.83. The van der Waals surface area contributed by atoms with Crippen molar-refractivity contribution >= 4 is 33.6 Å². The van der Waals surface area contributed by atoms with Crippen molar-refractivity contribution in [3.05, 3.63) is 58.4 Å². The van der Waals surface area contributed by atoms with Crippen molar-refractivity contribution in [1.82, 2.24) is 9.55 Å². The molecule has 1 heterocycles. The first-order chi connectivity index (χ1) is 7.84. The lowest BCUT2D eigenvalue weighted by Crippen LogP contribution is -1.91. The molecule has 2 nitrogen and oxygen atoms in total. The molecule has 0 amide bonds. The van der Waals surface area contributed by atoms with Gasteiger partial charge < -0.3 is 0 Å². The highest BCUT2D eigenvalue weighted by atomic mass is 127. The normalized spacial score (nSPS) is 10.8. The number of nitrogens with zero attached hydrogens (tertiary/aromatic N) is 2. The van der Waals surface area contributed by atoms with Gasteiger partial charge in [-0.25, -0.2) is 4.98 Å². The van der Waals surface area contributed by atoms with Crippen molar-refractivity contribution < 1.29 is 0 Å². The molecule has 0 saturated heterocycles. The van der Waals surface area contributed by atoms with Gasteiger partial charge in [0.25, 0.3) is 0 Å². The van der Waals surface area contributed by atoms with Gasteiger partial charge in [0.15, 0.2) is 0 Å². The predicted molar refractivity (Wildman–Crippen MR) is 73.8 cm³/mol. The average Bonchev–Trinajstić information content (AvgIpc) is 2.74. The van der Waals surface area contributed by atoms with Crippen LogP contribution in [-0.4, -0.2) is 9.55 Å². The molecule has 3 rings (SSSR count). The Balaban J connectivity index is 2.22. The summed E-state index contributed by atoms with van der Waals surface area (Å²) < 4.78 is 3.34. The van der Waals surface area contributed by atoms with E-state index in [1.54, 1.807) is 0 Å². The van der Waals surface area contributed by atoms with Gasteiger partial charge in [0.05, 0.1) is 11.0 Å². The zero-order valence-corrected chi connectivity index (χ0v) is 10.6. The van der Waals surface area contributed by atoms with Crippen molar-refractivity contribution in [3.8, 4) is 5.69 Å². The molecule has 0 N–H and O–H groups in total. The summed E-state index contributed by atoms with van der Waals surface area (Å²) in [5, 5.41) is 0. The summed E-state index contributed by atoms with van der Waals surface area (Å²) >= 11 is 2.31. The molecule has 78 valence electrons. The Morgan fingerprint density at radius 2 is 1.69 bits per heavy atom. The molecule has 1 aromatic heterocycles. The highest BCUT2D eigenvalue weighted by Gasteiger charge is 2.02. The molecule has 3 aromatic rings. The summed E-state index contributed by atoms with van der Waals surface area (Å²) in [4.78, 5) is 4.38. The van der Waals surface area contributed by atoms with Crippen LogP contribution in [0.5, 0.6) is 0 Å². The second-order valence-electron chi connectivity index (χ2n) is 3.58.